The minimum absolute atomic E-state index is 0.323. The lowest BCUT2D eigenvalue weighted by molar-refractivity contribution is -0.139. The molecule has 1 amide bonds. The van der Waals surface area contributed by atoms with Crippen LogP contribution in [0.2, 0.25) is 5.02 Å². The average Bonchev–Trinajstić information content (AvgIpc) is 3.16. The summed E-state index contributed by atoms with van der Waals surface area (Å²) in [6, 6.07) is 4.64. The summed E-state index contributed by atoms with van der Waals surface area (Å²) < 4.78 is 0. The average molecular weight is 436 g/mol. The van der Waals surface area contributed by atoms with E-state index in [1.165, 1.54) is 17.8 Å². The predicted molar refractivity (Wildman–Crippen MR) is 116 cm³/mol. The summed E-state index contributed by atoms with van der Waals surface area (Å²) in [5, 5.41) is 12.8. The fourth-order valence-corrected chi connectivity index (χ4v) is 4.86. The molecule has 2 aromatic rings. The van der Waals surface area contributed by atoms with Crippen molar-refractivity contribution in [2.24, 2.45) is 5.92 Å². The molecule has 2 N–H and O–H groups in total. The number of aliphatic carboxylic acids is 1. The van der Waals surface area contributed by atoms with Crippen LogP contribution >= 0.6 is 22.9 Å². The molecule has 0 unspecified atom stereocenters. The van der Waals surface area contributed by atoms with Crippen LogP contribution in [-0.2, 0) is 11.3 Å². The number of carboxylic acids is 1. The van der Waals surface area contributed by atoms with Crippen molar-refractivity contribution in [3.63, 3.8) is 0 Å². The van der Waals surface area contributed by atoms with E-state index >= 15 is 0 Å². The van der Waals surface area contributed by atoms with Crippen molar-refractivity contribution in [2.45, 2.75) is 51.1 Å². The number of amides is 1. The lowest BCUT2D eigenvalue weighted by Gasteiger charge is -2.24. The molecule has 8 heteroatoms. The fourth-order valence-electron chi connectivity index (χ4n) is 3.73. The fraction of sp³-hybridized carbons (Fsp3) is 0.476. The van der Waals surface area contributed by atoms with E-state index in [2.05, 4.69) is 10.3 Å². The summed E-state index contributed by atoms with van der Waals surface area (Å²) in [6.45, 7) is 0.602. The van der Waals surface area contributed by atoms with Gasteiger partial charge >= 0.3 is 5.97 Å². The zero-order chi connectivity index (χ0) is 20.8. The third-order valence-corrected chi connectivity index (χ3v) is 6.58. The minimum atomic E-state index is -0.964. The van der Waals surface area contributed by atoms with Crippen LogP contribution < -0.4 is 10.2 Å². The van der Waals surface area contributed by atoms with E-state index in [9.17, 15) is 14.7 Å². The standard InChI is InChI=1S/C21H26ClN3O3S/c1-25(16-10-15(22)11-23-12-16)13-17-7-8-19(29-17)20(26)24-18(21(27)28)9-14-5-3-2-4-6-14/h7-8,10-12,14,18H,2-6,9,13H2,1H3,(H,24,26)(H,27,28)/t18-/m0/s1. The Bertz CT molecular complexity index is 851. The molecule has 3 rings (SSSR count). The van der Waals surface area contributed by atoms with Gasteiger partial charge < -0.3 is 15.3 Å². The van der Waals surface area contributed by atoms with Crippen molar-refractivity contribution < 1.29 is 14.7 Å². The first-order valence-electron chi connectivity index (χ1n) is 9.86. The van der Waals surface area contributed by atoms with Crippen LogP contribution in [0.1, 0.15) is 53.1 Å². The molecule has 156 valence electrons. The summed E-state index contributed by atoms with van der Waals surface area (Å²) in [5.41, 5.74) is 0.885. The number of anilines is 1. The summed E-state index contributed by atoms with van der Waals surface area (Å²) in [5.74, 6) is -0.908. The molecule has 6 nitrogen and oxygen atoms in total. The van der Waals surface area contributed by atoms with Crippen molar-refractivity contribution >= 4 is 40.5 Å². The first-order valence-corrected chi connectivity index (χ1v) is 11.1. The van der Waals surface area contributed by atoms with Gasteiger partial charge in [0.25, 0.3) is 5.91 Å². The SMILES string of the molecule is CN(Cc1ccc(C(=O)N[C@@H](CC2CCCCC2)C(=O)O)s1)c1cncc(Cl)c1. The van der Waals surface area contributed by atoms with Crippen LogP contribution in [0.25, 0.3) is 0 Å². The van der Waals surface area contributed by atoms with E-state index in [1.807, 2.05) is 24.1 Å². The number of hydrogen-bond acceptors (Lipinski definition) is 5. The number of pyridine rings is 1. The number of rotatable bonds is 8. The first-order chi connectivity index (χ1) is 13.9. The second kappa shape index (κ2) is 10.1. The highest BCUT2D eigenvalue weighted by Gasteiger charge is 2.26. The maximum atomic E-state index is 12.6. The van der Waals surface area contributed by atoms with Crippen molar-refractivity contribution in [1.29, 1.82) is 0 Å². The summed E-state index contributed by atoms with van der Waals surface area (Å²) in [7, 11) is 1.93. The number of nitrogens with zero attached hydrogens (tertiary/aromatic N) is 2. The van der Waals surface area contributed by atoms with E-state index < -0.39 is 12.0 Å². The minimum Gasteiger partial charge on any atom is -0.480 e. The highest BCUT2D eigenvalue weighted by atomic mass is 35.5. The number of halogens is 1. The molecule has 0 bridgehead atoms. The molecule has 0 spiro atoms. The smallest absolute Gasteiger partial charge is 0.326 e. The van der Waals surface area contributed by atoms with Crippen LogP contribution in [0.4, 0.5) is 5.69 Å². The Balaban J connectivity index is 1.59. The zero-order valence-corrected chi connectivity index (χ0v) is 18.0. The molecule has 0 saturated heterocycles. The summed E-state index contributed by atoms with van der Waals surface area (Å²) in [4.78, 5) is 31.9. The van der Waals surface area contributed by atoms with Gasteiger partial charge in [0.1, 0.15) is 6.04 Å². The Morgan fingerprint density at radius 1 is 1.31 bits per heavy atom. The van der Waals surface area contributed by atoms with Gasteiger partial charge in [0, 0.05) is 18.1 Å². The van der Waals surface area contributed by atoms with Crippen LogP contribution in [0.3, 0.4) is 0 Å². The Morgan fingerprint density at radius 2 is 2.07 bits per heavy atom. The lowest BCUT2D eigenvalue weighted by Crippen LogP contribution is -2.42. The van der Waals surface area contributed by atoms with Gasteiger partial charge in [-0.3, -0.25) is 9.78 Å². The maximum absolute atomic E-state index is 12.6. The molecule has 1 fully saturated rings. The van der Waals surface area contributed by atoms with Gasteiger partial charge in [-0.1, -0.05) is 43.7 Å². The second-order valence-corrected chi connectivity index (χ2v) is 9.19. The van der Waals surface area contributed by atoms with Crippen LogP contribution in [-0.4, -0.2) is 35.1 Å². The molecule has 1 saturated carbocycles. The normalized spacial score (nSPS) is 15.7. The molecule has 1 atom stereocenters. The molecule has 29 heavy (non-hydrogen) atoms. The third kappa shape index (κ3) is 6.18. The zero-order valence-electron chi connectivity index (χ0n) is 16.4. The van der Waals surface area contributed by atoms with Crippen molar-refractivity contribution in [1.82, 2.24) is 10.3 Å². The lowest BCUT2D eigenvalue weighted by atomic mass is 9.85. The van der Waals surface area contributed by atoms with Crippen LogP contribution in [0.5, 0.6) is 0 Å². The largest absolute Gasteiger partial charge is 0.480 e. The number of thiophene rings is 1. The highest BCUT2D eigenvalue weighted by molar-refractivity contribution is 7.14. The first kappa shape index (κ1) is 21.6. The van der Waals surface area contributed by atoms with E-state index in [4.69, 9.17) is 11.6 Å². The van der Waals surface area contributed by atoms with Crippen LogP contribution in [0.15, 0.2) is 30.6 Å². The molecule has 1 aliphatic rings. The number of hydrogen-bond donors (Lipinski definition) is 2. The van der Waals surface area contributed by atoms with Gasteiger partial charge in [-0.2, -0.15) is 0 Å². The molecule has 0 aromatic carbocycles. The Hall–Kier alpha value is -2.12. The molecule has 0 radical (unpaired) electrons. The highest BCUT2D eigenvalue weighted by Crippen LogP contribution is 2.28. The van der Waals surface area contributed by atoms with E-state index in [1.54, 1.807) is 18.5 Å². The van der Waals surface area contributed by atoms with E-state index in [0.29, 0.717) is 28.8 Å². The monoisotopic (exact) mass is 435 g/mol. The Labute approximate surface area is 179 Å². The van der Waals surface area contributed by atoms with Gasteiger partial charge in [-0.25, -0.2) is 4.79 Å². The van der Waals surface area contributed by atoms with Crippen LogP contribution in [0, 0.1) is 5.92 Å². The number of carboxylic acid groups (broad SMARTS) is 1. The second-order valence-electron chi connectivity index (χ2n) is 7.59. The quantitative estimate of drug-likeness (QED) is 0.633. The number of carbonyl (C=O) groups is 2. The van der Waals surface area contributed by atoms with Gasteiger partial charge in [0.15, 0.2) is 0 Å². The molecule has 2 aromatic heterocycles. The van der Waals surface area contributed by atoms with Crippen molar-refractivity contribution in [3.8, 4) is 0 Å². The topological polar surface area (TPSA) is 82.5 Å². The maximum Gasteiger partial charge on any atom is 0.326 e. The van der Waals surface area contributed by atoms with Gasteiger partial charge in [0.05, 0.1) is 28.3 Å². The molecule has 1 aliphatic carbocycles. The van der Waals surface area contributed by atoms with E-state index in [-0.39, 0.29) is 5.91 Å². The Morgan fingerprint density at radius 3 is 2.76 bits per heavy atom. The third-order valence-electron chi connectivity index (χ3n) is 5.31. The molecule has 0 aliphatic heterocycles. The van der Waals surface area contributed by atoms with Crippen molar-refractivity contribution in [3.05, 3.63) is 45.4 Å². The molecular weight excluding hydrogens is 410 g/mol. The van der Waals surface area contributed by atoms with E-state index in [0.717, 1.165) is 36.2 Å². The summed E-state index contributed by atoms with van der Waals surface area (Å²) >= 11 is 7.36. The predicted octanol–water partition coefficient (Wildman–Crippen LogP) is 4.59. The van der Waals surface area contributed by atoms with Gasteiger partial charge in [0.2, 0.25) is 0 Å². The Kier molecular flexibility index (Phi) is 7.50. The number of nitrogens with one attached hydrogen (secondary N) is 1. The van der Waals surface area contributed by atoms with Gasteiger partial charge in [-0.15, -0.1) is 11.3 Å². The van der Waals surface area contributed by atoms with Gasteiger partial charge in [-0.05, 0) is 30.5 Å². The van der Waals surface area contributed by atoms with Crippen molar-refractivity contribution in [2.75, 3.05) is 11.9 Å². The summed E-state index contributed by atoms with van der Waals surface area (Å²) in [6.07, 6.45) is 9.43. The molecule has 2 heterocycles. The number of carbonyl (C=O) groups excluding carboxylic acids is 1. The number of aromatic nitrogens is 1. The molecular formula is C21H26ClN3O3S.